The van der Waals surface area contributed by atoms with Crippen molar-refractivity contribution in [1.29, 1.82) is 0 Å². The molecule has 0 radical (unpaired) electrons. The lowest BCUT2D eigenvalue weighted by atomic mass is 10.1. The highest BCUT2D eigenvalue weighted by atomic mass is 16.5. The van der Waals surface area contributed by atoms with Crippen LogP contribution in [0, 0.1) is 6.92 Å². The average molecular weight is 195 g/mol. The normalized spacial score (nSPS) is 10.2. The van der Waals surface area contributed by atoms with Crippen molar-refractivity contribution in [3.8, 4) is 11.5 Å². The largest absolute Gasteiger partial charge is 0.504 e. The van der Waals surface area contributed by atoms with E-state index in [0.717, 1.165) is 24.0 Å². The molecule has 0 bridgehead atoms. The van der Waals surface area contributed by atoms with Crippen LogP contribution in [0.3, 0.4) is 0 Å². The number of nitrogens with two attached hydrogens (primary N) is 1. The molecule has 1 aromatic rings. The number of rotatable bonds is 4. The summed E-state index contributed by atoms with van der Waals surface area (Å²) >= 11 is 0. The molecule has 0 spiro atoms. The van der Waals surface area contributed by atoms with Gasteiger partial charge in [-0.25, -0.2) is 0 Å². The van der Waals surface area contributed by atoms with Gasteiger partial charge in [-0.1, -0.05) is 12.1 Å². The minimum Gasteiger partial charge on any atom is -0.504 e. The fraction of sp³-hybridized carbons (Fsp3) is 0.455. The van der Waals surface area contributed by atoms with Gasteiger partial charge >= 0.3 is 0 Å². The Bertz CT molecular complexity index is 310. The van der Waals surface area contributed by atoms with Gasteiger partial charge in [-0.15, -0.1) is 0 Å². The summed E-state index contributed by atoms with van der Waals surface area (Å²) in [6.07, 6.45) is 1.67. The molecule has 3 nitrogen and oxygen atoms in total. The van der Waals surface area contributed by atoms with E-state index >= 15 is 0 Å². The summed E-state index contributed by atoms with van der Waals surface area (Å²) in [5.74, 6) is 0.820. The van der Waals surface area contributed by atoms with Crippen molar-refractivity contribution in [1.82, 2.24) is 0 Å². The van der Waals surface area contributed by atoms with Gasteiger partial charge < -0.3 is 15.6 Å². The van der Waals surface area contributed by atoms with Crippen LogP contribution >= 0.6 is 0 Å². The van der Waals surface area contributed by atoms with E-state index in [4.69, 9.17) is 10.5 Å². The Morgan fingerprint density at radius 3 is 2.71 bits per heavy atom. The van der Waals surface area contributed by atoms with Crippen molar-refractivity contribution >= 4 is 0 Å². The zero-order valence-electron chi connectivity index (χ0n) is 8.71. The Morgan fingerprint density at radius 2 is 2.14 bits per heavy atom. The van der Waals surface area contributed by atoms with Crippen molar-refractivity contribution in [3.63, 3.8) is 0 Å². The quantitative estimate of drug-likeness (QED) is 0.767. The van der Waals surface area contributed by atoms with Gasteiger partial charge in [0.25, 0.3) is 0 Å². The molecule has 14 heavy (non-hydrogen) atoms. The topological polar surface area (TPSA) is 55.5 Å². The van der Waals surface area contributed by atoms with Gasteiger partial charge in [0.05, 0.1) is 7.11 Å². The summed E-state index contributed by atoms with van der Waals surface area (Å²) in [5, 5.41) is 9.83. The molecule has 3 N–H and O–H groups in total. The van der Waals surface area contributed by atoms with E-state index in [2.05, 4.69) is 0 Å². The number of benzene rings is 1. The summed E-state index contributed by atoms with van der Waals surface area (Å²) in [7, 11) is 1.56. The first kappa shape index (κ1) is 10.9. The van der Waals surface area contributed by atoms with Crippen molar-refractivity contribution in [2.24, 2.45) is 5.73 Å². The molecular formula is C11H17NO2. The minimum atomic E-state index is 0.251. The third-order valence-electron chi connectivity index (χ3n) is 2.27. The third-order valence-corrected chi connectivity index (χ3v) is 2.27. The summed E-state index contributed by atoms with van der Waals surface area (Å²) in [6, 6.07) is 3.87. The van der Waals surface area contributed by atoms with E-state index in [9.17, 15) is 5.11 Å². The smallest absolute Gasteiger partial charge is 0.163 e. The summed E-state index contributed by atoms with van der Waals surface area (Å²) in [6.45, 7) is 2.54. The molecule has 1 rings (SSSR count). The molecule has 0 aliphatic rings. The second kappa shape index (κ2) is 4.86. The number of hydrogen-bond acceptors (Lipinski definition) is 3. The molecule has 0 fully saturated rings. The number of hydrogen-bond donors (Lipinski definition) is 2. The molecule has 0 atom stereocenters. The lowest BCUT2D eigenvalue weighted by Gasteiger charge is -2.10. The van der Waals surface area contributed by atoms with E-state index in [1.165, 1.54) is 0 Å². The summed E-state index contributed by atoms with van der Waals surface area (Å²) in [5.41, 5.74) is 7.26. The minimum absolute atomic E-state index is 0.251. The van der Waals surface area contributed by atoms with E-state index < -0.39 is 0 Å². The van der Waals surface area contributed by atoms with Gasteiger partial charge in [-0.05, 0) is 37.4 Å². The predicted octanol–water partition coefficient (Wildman–Crippen LogP) is 1.60. The molecule has 0 aromatic heterocycles. The first-order chi connectivity index (χ1) is 6.70. The Kier molecular flexibility index (Phi) is 3.77. The Hall–Kier alpha value is -1.22. The standard InChI is InChI=1S/C11H17NO2/c1-8-5-6-9(4-3-7-12)10(13)11(8)14-2/h5-6,13H,3-4,7,12H2,1-2H3. The van der Waals surface area contributed by atoms with Crippen LogP contribution in [-0.4, -0.2) is 18.8 Å². The lowest BCUT2D eigenvalue weighted by Crippen LogP contribution is -2.01. The van der Waals surface area contributed by atoms with Crippen LogP contribution in [0.15, 0.2) is 12.1 Å². The molecule has 0 unspecified atom stereocenters. The predicted molar refractivity (Wildman–Crippen MR) is 56.8 cm³/mol. The fourth-order valence-corrected chi connectivity index (χ4v) is 1.46. The van der Waals surface area contributed by atoms with Crippen LogP contribution < -0.4 is 10.5 Å². The number of aromatic hydroxyl groups is 1. The van der Waals surface area contributed by atoms with Crippen LogP contribution in [0.4, 0.5) is 0 Å². The number of phenolic OH excluding ortho intramolecular Hbond substituents is 1. The first-order valence-electron chi connectivity index (χ1n) is 4.76. The second-order valence-electron chi connectivity index (χ2n) is 3.32. The number of aryl methyl sites for hydroxylation is 2. The van der Waals surface area contributed by atoms with Gasteiger partial charge in [0, 0.05) is 0 Å². The molecule has 0 amide bonds. The van der Waals surface area contributed by atoms with Gasteiger partial charge in [0.1, 0.15) is 0 Å². The summed E-state index contributed by atoms with van der Waals surface area (Å²) in [4.78, 5) is 0. The first-order valence-corrected chi connectivity index (χ1v) is 4.76. The van der Waals surface area contributed by atoms with Gasteiger partial charge in [0.15, 0.2) is 11.5 Å². The highest BCUT2D eigenvalue weighted by Gasteiger charge is 2.09. The van der Waals surface area contributed by atoms with Crippen LogP contribution in [0.1, 0.15) is 17.5 Å². The Balaban J connectivity index is 2.96. The van der Waals surface area contributed by atoms with E-state index in [1.54, 1.807) is 7.11 Å². The van der Waals surface area contributed by atoms with Crippen molar-refractivity contribution in [2.45, 2.75) is 19.8 Å². The van der Waals surface area contributed by atoms with Crippen LogP contribution in [0.2, 0.25) is 0 Å². The molecule has 78 valence electrons. The molecule has 0 saturated heterocycles. The number of phenols is 1. The highest BCUT2D eigenvalue weighted by molar-refractivity contribution is 5.50. The highest BCUT2D eigenvalue weighted by Crippen LogP contribution is 2.33. The molecule has 1 aromatic carbocycles. The fourth-order valence-electron chi connectivity index (χ4n) is 1.46. The Labute approximate surface area is 84.5 Å². The molecule has 0 aliphatic heterocycles. The maximum absolute atomic E-state index is 9.83. The molecule has 3 heteroatoms. The Morgan fingerprint density at radius 1 is 1.43 bits per heavy atom. The second-order valence-corrected chi connectivity index (χ2v) is 3.32. The molecule has 0 aliphatic carbocycles. The van der Waals surface area contributed by atoms with Gasteiger partial charge in [0.2, 0.25) is 0 Å². The lowest BCUT2D eigenvalue weighted by molar-refractivity contribution is 0.368. The number of ether oxygens (including phenoxy) is 1. The van der Waals surface area contributed by atoms with Crippen molar-refractivity contribution in [2.75, 3.05) is 13.7 Å². The monoisotopic (exact) mass is 195 g/mol. The van der Waals surface area contributed by atoms with Crippen molar-refractivity contribution < 1.29 is 9.84 Å². The zero-order valence-corrected chi connectivity index (χ0v) is 8.71. The van der Waals surface area contributed by atoms with Crippen LogP contribution in [0.5, 0.6) is 11.5 Å². The average Bonchev–Trinajstić information content (AvgIpc) is 2.18. The third kappa shape index (κ3) is 2.17. The van der Waals surface area contributed by atoms with Gasteiger partial charge in [-0.3, -0.25) is 0 Å². The molecular weight excluding hydrogens is 178 g/mol. The maximum Gasteiger partial charge on any atom is 0.163 e. The van der Waals surface area contributed by atoms with E-state index in [-0.39, 0.29) is 5.75 Å². The maximum atomic E-state index is 9.83. The van der Waals surface area contributed by atoms with E-state index in [1.807, 2.05) is 19.1 Å². The van der Waals surface area contributed by atoms with Crippen LogP contribution in [-0.2, 0) is 6.42 Å². The summed E-state index contributed by atoms with van der Waals surface area (Å²) < 4.78 is 5.12. The van der Waals surface area contributed by atoms with Crippen LogP contribution in [0.25, 0.3) is 0 Å². The molecule has 0 saturated carbocycles. The van der Waals surface area contributed by atoms with E-state index in [0.29, 0.717) is 12.3 Å². The van der Waals surface area contributed by atoms with Gasteiger partial charge in [-0.2, -0.15) is 0 Å². The van der Waals surface area contributed by atoms with Crippen molar-refractivity contribution in [3.05, 3.63) is 23.3 Å². The SMILES string of the molecule is COc1c(C)ccc(CCCN)c1O. The number of methoxy groups -OCH3 is 1. The zero-order chi connectivity index (χ0) is 10.6. The molecule has 0 heterocycles.